The van der Waals surface area contributed by atoms with Crippen molar-refractivity contribution in [1.29, 1.82) is 0 Å². The molecule has 132 valence electrons. The van der Waals surface area contributed by atoms with Crippen molar-refractivity contribution in [3.63, 3.8) is 0 Å². The van der Waals surface area contributed by atoms with E-state index in [1.807, 2.05) is 53.8 Å². The molecule has 0 atom stereocenters. The van der Waals surface area contributed by atoms with Crippen LogP contribution in [0.3, 0.4) is 0 Å². The second-order valence-corrected chi connectivity index (χ2v) is 6.57. The third-order valence-corrected chi connectivity index (χ3v) is 4.62. The summed E-state index contributed by atoms with van der Waals surface area (Å²) in [5.41, 5.74) is 4.06. The van der Waals surface area contributed by atoms with E-state index in [9.17, 15) is 9.59 Å². The van der Waals surface area contributed by atoms with Gasteiger partial charge in [0.25, 0.3) is 0 Å². The Morgan fingerprint density at radius 2 is 1.60 bits per heavy atom. The van der Waals surface area contributed by atoms with Crippen molar-refractivity contribution in [3.8, 4) is 5.69 Å². The molecule has 0 unspecified atom stereocenters. The number of benzene rings is 1. The number of carbonyl (C=O) groups is 2. The maximum Gasteiger partial charge on any atom is 0.227 e. The topological polar surface area (TPSA) is 58.4 Å². The first-order valence-corrected chi connectivity index (χ1v) is 8.60. The zero-order chi connectivity index (χ0) is 18.0. The van der Waals surface area contributed by atoms with Gasteiger partial charge < -0.3 is 9.80 Å². The van der Waals surface area contributed by atoms with Gasteiger partial charge in [0.1, 0.15) is 0 Å². The van der Waals surface area contributed by atoms with Crippen LogP contribution in [0.4, 0.5) is 0 Å². The van der Waals surface area contributed by atoms with Crippen LogP contribution in [0.25, 0.3) is 5.69 Å². The minimum Gasteiger partial charge on any atom is -0.339 e. The Kier molecular flexibility index (Phi) is 4.88. The summed E-state index contributed by atoms with van der Waals surface area (Å²) in [6, 6.07) is 9.99. The van der Waals surface area contributed by atoms with E-state index in [0.29, 0.717) is 32.6 Å². The maximum absolute atomic E-state index is 12.5. The Bertz CT molecular complexity index is 771. The molecule has 3 rings (SSSR count). The third kappa shape index (κ3) is 3.90. The molecular weight excluding hydrogens is 316 g/mol. The minimum absolute atomic E-state index is 0.0758. The van der Waals surface area contributed by atoms with Gasteiger partial charge in [-0.1, -0.05) is 12.1 Å². The van der Waals surface area contributed by atoms with E-state index in [2.05, 4.69) is 5.10 Å². The predicted molar refractivity (Wildman–Crippen MR) is 95.6 cm³/mol. The van der Waals surface area contributed by atoms with Gasteiger partial charge in [0.2, 0.25) is 11.8 Å². The first kappa shape index (κ1) is 17.2. The zero-order valence-electron chi connectivity index (χ0n) is 15.0. The largest absolute Gasteiger partial charge is 0.339 e. The molecule has 1 aromatic heterocycles. The maximum atomic E-state index is 12.5. The molecule has 1 aliphatic heterocycles. The van der Waals surface area contributed by atoms with Crippen LogP contribution in [0.15, 0.2) is 30.3 Å². The van der Waals surface area contributed by atoms with E-state index >= 15 is 0 Å². The predicted octanol–water partition coefficient (Wildman–Crippen LogP) is 1.72. The van der Waals surface area contributed by atoms with Crippen molar-refractivity contribution >= 4 is 11.8 Å². The third-order valence-electron chi connectivity index (χ3n) is 4.62. The highest BCUT2D eigenvalue weighted by atomic mass is 16.2. The van der Waals surface area contributed by atoms with Crippen molar-refractivity contribution in [1.82, 2.24) is 19.6 Å². The second-order valence-electron chi connectivity index (χ2n) is 6.57. The lowest BCUT2D eigenvalue weighted by molar-refractivity contribution is -0.138. The van der Waals surface area contributed by atoms with Gasteiger partial charge in [-0.05, 0) is 37.6 Å². The van der Waals surface area contributed by atoms with E-state index in [0.717, 1.165) is 22.6 Å². The van der Waals surface area contributed by atoms with Gasteiger partial charge in [-0.25, -0.2) is 4.68 Å². The molecule has 0 aliphatic carbocycles. The van der Waals surface area contributed by atoms with Gasteiger partial charge in [0.05, 0.1) is 17.8 Å². The number of amides is 2. The molecule has 25 heavy (non-hydrogen) atoms. The summed E-state index contributed by atoms with van der Waals surface area (Å²) in [5.74, 6) is 0.189. The highest BCUT2D eigenvalue weighted by molar-refractivity contribution is 5.79. The standard InChI is InChI=1S/C19H24N4O2/c1-14-12-15(2)23(20-14)18-6-4-17(5-7-18)13-19(25)22-10-8-21(9-11-22)16(3)24/h4-7,12H,8-11,13H2,1-3H3. The van der Waals surface area contributed by atoms with Gasteiger partial charge >= 0.3 is 0 Å². The quantitative estimate of drug-likeness (QED) is 0.855. The van der Waals surface area contributed by atoms with E-state index in [1.165, 1.54) is 0 Å². The molecule has 1 aliphatic rings. The number of nitrogens with zero attached hydrogens (tertiary/aromatic N) is 4. The molecule has 6 nitrogen and oxygen atoms in total. The normalized spacial score (nSPS) is 14.7. The summed E-state index contributed by atoms with van der Waals surface area (Å²) >= 11 is 0. The number of aryl methyl sites for hydroxylation is 2. The average molecular weight is 340 g/mol. The fourth-order valence-corrected chi connectivity index (χ4v) is 3.20. The fourth-order valence-electron chi connectivity index (χ4n) is 3.20. The van der Waals surface area contributed by atoms with Crippen LogP contribution in [0.1, 0.15) is 23.9 Å². The molecule has 0 bridgehead atoms. The molecule has 1 aromatic carbocycles. The smallest absolute Gasteiger partial charge is 0.227 e. The van der Waals surface area contributed by atoms with Crippen molar-refractivity contribution in [2.75, 3.05) is 26.2 Å². The van der Waals surface area contributed by atoms with Crippen LogP contribution in [0, 0.1) is 13.8 Å². The monoisotopic (exact) mass is 340 g/mol. The van der Waals surface area contributed by atoms with Gasteiger partial charge in [-0.2, -0.15) is 5.10 Å². The molecule has 6 heteroatoms. The number of hydrogen-bond acceptors (Lipinski definition) is 3. The number of aromatic nitrogens is 2. The number of carbonyl (C=O) groups excluding carboxylic acids is 2. The lowest BCUT2D eigenvalue weighted by atomic mass is 10.1. The molecule has 0 saturated carbocycles. The van der Waals surface area contributed by atoms with Crippen molar-refractivity contribution < 1.29 is 9.59 Å². The van der Waals surface area contributed by atoms with Crippen LogP contribution >= 0.6 is 0 Å². The van der Waals surface area contributed by atoms with Crippen LogP contribution < -0.4 is 0 Å². The first-order chi connectivity index (χ1) is 11.9. The molecule has 2 aromatic rings. The molecule has 0 radical (unpaired) electrons. The van der Waals surface area contributed by atoms with Gasteiger partial charge in [0, 0.05) is 38.8 Å². The summed E-state index contributed by atoms with van der Waals surface area (Å²) in [7, 11) is 0. The highest BCUT2D eigenvalue weighted by Gasteiger charge is 2.22. The van der Waals surface area contributed by atoms with E-state index < -0.39 is 0 Å². The van der Waals surface area contributed by atoms with Crippen molar-refractivity contribution in [2.24, 2.45) is 0 Å². The van der Waals surface area contributed by atoms with Crippen molar-refractivity contribution in [2.45, 2.75) is 27.2 Å². The highest BCUT2D eigenvalue weighted by Crippen LogP contribution is 2.14. The number of hydrogen-bond donors (Lipinski definition) is 0. The lowest BCUT2D eigenvalue weighted by Crippen LogP contribution is -2.50. The van der Waals surface area contributed by atoms with Crippen molar-refractivity contribution in [3.05, 3.63) is 47.3 Å². The molecule has 1 fully saturated rings. The van der Waals surface area contributed by atoms with E-state index in [1.54, 1.807) is 11.8 Å². The zero-order valence-corrected chi connectivity index (χ0v) is 15.0. The Hall–Kier alpha value is -2.63. The summed E-state index contributed by atoms with van der Waals surface area (Å²) in [6.45, 7) is 8.04. The Morgan fingerprint density at radius 3 is 2.12 bits per heavy atom. The molecule has 2 amide bonds. The summed E-state index contributed by atoms with van der Waals surface area (Å²) < 4.78 is 1.90. The van der Waals surface area contributed by atoms with E-state index in [-0.39, 0.29) is 11.8 Å². The van der Waals surface area contributed by atoms with Gasteiger partial charge in [-0.3, -0.25) is 9.59 Å². The number of piperazine rings is 1. The summed E-state index contributed by atoms with van der Waals surface area (Å²) in [5, 5.41) is 4.48. The fraction of sp³-hybridized carbons (Fsp3) is 0.421. The first-order valence-electron chi connectivity index (χ1n) is 8.60. The lowest BCUT2D eigenvalue weighted by Gasteiger charge is -2.34. The molecule has 1 saturated heterocycles. The Labute approximate surface area is 148 Å². The minimum atomic E-state index is 0.0758. The summed E-state index contributed by atoms with van der Waals surface area (Å²) in [6.07, 6.45) is 0.386. The SMILES string of the molecule is CC(=O)N1CCN(C(=O)Cc2ccc(-n3nc(C)cc3C)cc2)CC1. The van der Waals surface area contributed by atoms with Crippen LogP contribution in [-0.2, 0) is 16.0 Å². The average Bonchev–Trinajstić information content (AvgIpc) is 2.94. The van der Waals surface area contributed by atoms with Gasteiger partial charge in [-0.15, -0.1) is 0 Å². The van der Waals surface area contributed by atoms with Crippen LogP contribution in [0.2, 0.25) is 0 Å². The van der Waals surface area contributed by atoms with Crippen LogP contribution in [-0.4, -0.2) is 57.6 Å². The second kappa shape index (κ2) is 7.09. The summed E-state index contributed by atoms with van der Waals surface area (Å²) in [4.78, 5) is 27.4. The Morgan fingerprint density at radius 1 is 1.00 bits per heavy atom. The molecule has 2 heterocycles. The molecule has 0 spiro atoms. The molecule has 0 N–H and O–H groups in total. The van der Waals surface area contributed by atoms with Gasteiger partial charge in [0.15, 0.2) is 0 Å². The van der Waals surface area contributed by atoms with Crippen LogP contribution in [0.5, 0.6) is 0 Å². The van der Waals surface area contributed by atoms with E-state index in [4.69, 9.17) is 0 Å². The Balaban J connectivity index is 1.61. The number of rotatable bonds is 3. The molecular formula is C19H24N4O2.